The van der Waals surface area contributed by atoms with Gasteiger partial charge in [-0.1, -0.05) is 54.3 Å². The molecule has 0 aromatic carbocycles. The molecule has 0 rings (SSSR count). The molecule has 2 unspecified atom stereocenters. The Balaban J connectivity index is 0. The summed E-state index contributed by atoms with van der Waals surface area (Å²) in [7, 11) is 7.17. The van der Waals surface area contributed by atoms with E-state index in [2.05, 4.69) is 0 Å². The van der Waals surface area contributed by atoms with Gasteiger partial charge in [0.25, 0.3) is 0 Å². The van der Waals surface area contributed by atoms with Crippen LogP contribution in [0.5, 0.6) is 0 Å². The van der Waals surface area contributed by atoms with E-state index in [1.54, 1.807) is 21.6 Å². The molecule has 0 aromatic rings. The van der Waals surface area contributed by atoms with Crippen molar-refractivity contribution in [2.24, 2.45) is 0 Å². The van der Waals surface area contributed by atoms with Gasteiger partial charge in [0.1, 0.15) is 0 Å². The van der Waals surface area contributed by atoms with Gasteiger partial charge in [-0.3, -0.25) is 4.21 Å². The Morgan fingerprint density at radius 1 is 0.762 bits per heavy atom. The van der Waals surface area contributed by atoms with E-state index >= 15 is 0 Å². The van der Waals surface area contributed by atoms with Crippen molar-refractivity contribution in [3.05, 3.63) is 0 Å². The van der Waals surface area contributed by atoms with Crippen LogP contribution < -0.4 is 29.6 Å². The van der Waals surface area contributed by atoms with Crippen molar-refractivity contribution in [2.45, 2.75) is 25.7 Å². The fourth-order valence-electron chi connectivity index (χ4n) is 1.03. The van der Waals surface area contributed by atoms with Gasteiger partial charge in [0.15, 0.2) is 11.1 Å². The minimum Gasteiger partial charge on any atom is -0.772 e. The van der Waals surface area contributed by atoms with Crippen molar-refractivity contribution in [1.82, 2.24) is 0 Å². The zero-order valence-electron chi connectivity index (χ0n) is 12.2. The molecule has 122 valence electrons. The molecular formula is C10H21NaO4S6. The summed E-state index contributed by atoms with van der Waals surface area (Å²) in [6.45, 7) is 0. The monoisotopic (exact) mass is 420 g/mol. The first-order valence-electron chi connectivity index (χ1n) is 6.25. The van der Waals surface area contributed by atoms with Gasteiger partial charge in [-0.2, -0.15) is 0 Å². The summed E-state index contributed by atoms with van der Waals surface area (Å²) in [6.07, 6.45) is 3.89. The van der Waals surface area contributed by atoms with Crippen LogP contribution in [0, 0.1) is 0 Å². The Bertz CT molecular complexity index is 246. The number of hydrogen-bond donors (Lipinski definition) is 1. The normalized spacial score (nSPS) is 13.6. The van der Waals surface area contributed by atoms with Crippen LogP contribution in [-0.2, 0) is 22.2 Å². The standard InChI is InChI=1S/C10H22O4S6.Na/c11-19(12)9-3-7-17-15-5-1-2-6-16-18-8-4-10-20(13)14;/h1-10H2,(H,11,12)(H,13,14);/q;+1/p-1. The maximum absolute atomic E-state index is 10.4. The fraction of sp³-hybridized carbons (Fsp3) is 1.00. The van der Waals surface area contributed by atoms with E-state index in [4.69, 9.17) is 4.55 Å². The van der Waals surface area contributed by atoms with Gasteiger partial charge in [-0.05, 0) is 25.7 Å². The zero-order chi connectivity index (χ0) is 15.1. The molecule has 21 heavy (non-hydrogen) atoms. The summed E-state index contributed by atoms with van der Waals surface area (Å²) in [6, 6.07) is 0. The maximum atomic E-state index is 10.4. The van der Waals surface area contributed by atoms with Gasteiger partial charge in [-0.25, -0.2) is 4.21 Å². The Hall–Kier alpha value is 2.62. The molecule has 1 N–H and O–H groups in total. The van der Waals surface area contributed by atoms with Crippen molar-refractivity contribution in [3.63, 3.8) is 0 Å². The number of hydrogen-bond acceptors (Lipinski definition) is 7. The predicted octanol–water partition coefficient (Wildman–Crippen LogP) is 0.414. The summed E-state index contributed by atoms with van der Waals surface area (Å²) >= 11 is -3.54. The van der Waals surface area contributed by atoms with Crippen molar-refractivity contribution in [3.8, 4) is 0 Å². The zero-order valence-corrected chi connectivity index (χ0v) is 19.1. The van der Waals surface area contributed by atoms with Crippen LogP contribution in [0.3, 0.4) is 0 Å². The smallest absolute Gasteiger partial charge is 0.772 e. The molecule has 0 radical (unpaired) electrons. The molecule has 0 aliphatic carbocycles. The third kappa shape index (κ3) is 25.0. The minimum absolute atomic E-state index is 0. The van der Waals surface area contributed by atoms with E-state index in [0.717, 1.165) is 35.9 Å². The van der Waals surface area contributed by atoms with Crippen molar-refractivity contribution < 1.29 is 47.1 Å². The van der Waals surface area contributed by atoms with Crippen molar-refractivity contribution in [1.29, 1.82) is 0 Å². The van der Waals surface area contributed by atoms with E-state index in [9.17, 15) is 13.0 Å². The second-order valence-electron chi connectivity index (χ2n) is 3.74. The molecule has 2 atom stereocenters. The summed E-state index contributed by atoms with van der Waals surface area (Å²) < 4.78 is 39.5. The van der Waals surface area contributed by atoms with Gasteiger partial charge in [0, 0.05) is 28.8 Å². The third-order valence-electron chi connectivity index (χ3n) is 1.96. The molecule has 0 saturated heterocycles. The largest absolute Gasteiger partial charge is 1.00 e. The van der Waals surface area contributed by atoms with Gasteiger partial charge in [0.05, 0.1) is 5.75 Å². The molecule has 0 fully saturated rings. The second kappa shape index (κ2) is 20.7. The van der Waals surface area contributed by atoms with Gasteiger partial charge in [0.2, 0.25) is 0 Å². The van der Waals surface area contributed by atoms with Gasteiger partial charge >= 0.3 is 29.6 Å². The average molecular weight is 421 g/mol. The molecule has 4 nitrogen and oxygen atoms in total. The van der Waals surface area contributed by atoms with Crippen LogP contribution in [0.1, 0.15) is 25.7 Å². The van der Waals surface area contributed by atoms with Crippen LogP contribution in [0.25, 0.3) is 0 Å². The quantitative estimate of drug-likeness (QED) is 0.177. The van der Waals surface area contributed by atoms with Crippen LogP contribution in [0.4, 0.5) is 0 Å². The number of unbranched alkanes of at least 4 members (excludes halogenated alkanes) is 1. The molecule has 0 heterocycles. The first-order valence-corrected chi connectivity index (χ1v) is 13.7. The fourth-order valence-corrected chi connectivity index (χ4v) is 6.64. The molecule has 0 spiro atoms. The van der Waals surface area contributed by atoms with E-state index < -0.39 is 22.2 Å². The minimum atomic E-state index is -1.89. The molecule has 0 bridgehead atoms. The first kappa shape index (κ1) is 25.9. The maximum Gasteiger partial charge on any atom is 1.00 e. The van der Waals surface area contributed by atoms with Crippen LogP contribution >= 0.6 is 43.2 Å². The molecule has 0 aliphatic rings. The Morgan fingerprint density at radius 3 is 1.52 bits per heavy atom. The Labute approximate surface area is 170 Å². The van der Waals surface area contributed by atoms with Gasteiger partial charge < -0.3 is 9.11 Å². The molecule has 0 amide bonds. The summed E-state index contributed by atoms with van der Waals surface area (Å²) in [5, 5.41) is 0. The summed E-state index contributed by atoms with van der Waals surface area (Å²) in [5.41, 5.74) is 0. The first-order chi connectivity index (χ1) is 9.63. The third-order valence-corrected chi connectivity index (χ3v) is 8.37. The molecule has 0 saturated carbocycles. The SMILES string of the molecule is O=S([O-])CCCSSCCCCSSCCCS(=O)O.[Na+]. The number of rotatable bonds is 15. The van der Waals surface area contributed by atoms with E-state index in [0.29, 0.717) is 5.75 Å². The summed E-state index contributed by atoms with van der Waals surface area (Å²) in [4.78, 5) is 0. The molecule has 11 heteroatoms. The van der Waals surface area contributed by atoms with Crippen molar-refractivity contribution >= 4 is 65.3 Å². The van der Waals surface area contributed by atoms with Crippen LogP contribution in [0.2, 0.25) is 0 Å². The topological polar surface area (TPSA) is 77.4 Å². The van der Waals surface area contributed by atoms with Crippen LogP contribution in [-0.4, -0.2) is 52.0 Å². The molecule has 0 aromatic heterocycles. The molecule has 0 aliphatic heterocycles. The van der Waals surface area contributed by atoms with E-state index in [1.165, 1.54) is 12.8 Å². The Morgan fingerprint density at radius 2 is 1.14 bits per heavy atom. The van der Waals surface area contributed by atoms with Crippen molar-refractivity contribution in [2.75, 3.05) is 34.5 Å². The van der Waals surface area contributed by atoms with E-state index in [-0.39, 0.29) is 35.3 Å². The average Bonchev–Trinajstić information content (AvgIpc) is 2.38. The summed E-state index contributed by atoms with van der Waals surface area (Å²) in [5.74, 6) is 4.71. The van der Waals surface area contributed by atoms with Crippen LogP contribution in [0.15, 0.2) is 0 Å². The van der Waals surface area contributed by atoms with Gasteiger partial charge in [-0.15, -0.1) is 0 Å². The predicted molar refractivity (Wildman–Crippen MR) is 97.7 cm³/mol. The Kier molecular flexibility index (Phi) is 25.4. The molecular weight excluding hydrogens is 399 g/mol. The van der Waals surface area contributed by atoms with E-state index in [1.807, 2.05) is 21.6 Å². The second-order valence-corrected chi connectivity index (χ2v) is 11.2.